The van der Waals surface area contributed by atoms with Gasteiger partial charge in [0, 0.05) is 32.0 Å². The molecule has 1 aromatic heterocycles. The number of carboxylic acid groups (broad SMARTS) is 2. The van der Waals surface area contributed by atoms with E-state index in [0.717, 1.165) is 32.4 Å². The Bertz CT molecular complexity index is 824. The number of pyridine rings is 1. The largest absolute Gasteiger partial charge is 0.490 e. The van der Waals surface area contributed by atoms with Gasteiger partial charge in [-0.2, -0.15) is 26.3 Å². The molecule has 15 heteroatoms. The number of carbonyl (C=O) groups is 3. The molecule has 1 spiro atoms. The lowest BCUT2D eigenvalue weighted by atomic mass is 9.90. The minimum absolute atomic E-state index is 0.0245. The minimum Gasteiger partial charge on any atom is -0.475 e. The molecule has 2 fully saturated rings. The van der Waals surface area contributed by atoms with Crippen molar-refractivity contribution in [3.05, 3.63) is 30.1 Å². The van der Waals surface area contributed by atoms with Gasteiger partial charge in [0.2, 0.25) is 0 Å². The molecule has 3 heterocycles. The Morgan fingerprint density at radius 2 is 1.71 bits per heavy atom. The van der Waals surface area contributed by atoms with Crippen LogP contribution in [0.5, 0.6) is 0 Å². The van der Waals surface area contributed by atoms with Gasteiger partial charge in [0.25, 0.3) is 5.91 Å². The quantitative estimate of drug-likeness (QED) is 0.522. The summed E-state index contributed by atoms with van der Waals surface area (Å²) in [5, 5.41) is 17.2. The summed E-state index contributed by atoms with van der Waals surface area (Å²) in [6, 6.07) is 3.55. The smallest absolute Gasteiger partial charge is 0.475 e. The third-order valence-electron chi connectivity index (χ3n) is 4.98. The lowest BCUT2D eigenvalue weighted by molar-refractivity contribution is -0.193. The van der Waals surface area contributed by atoms with Gasteiger partial charge in [-0.1, -0.05) is 0 Å². The molecule has 3 rings (SSSR count). The van der Waals surface area contributed by atoms with Crippen molar-refractivity contribution < 1.29 is 55.7 Å². The van der Waals surface area contributed by atoms with Crippen molar-refractivity contribution in [1.29, 1.82) is 0 Å². The van der Waals surface area contributed by atoms with Crippen LogP contribution < -0.4 is 5.32 Å². The second-order valence-electron chi connectivity index (χ2n) is 7.86. The number of aromatic nitrogens is 1. The van der Waals surface area contributed by atoms with E-state index < -0.39 is 24.3 Å². The third-order valence-corrected chi connectivity index (χ3v) is 4.98. The van der Waals surface area contributed by atoms with Crippen LogP contribution in [0.1, 0.15) is 36.0 Å². The number of carboxylic acids is 2. The second-order valence-corrected chi connectivity index (χ2v) is 7.86. The molecule has 0 saturated carbocycles. The molecule has 9 nitrogen and oxygen atoms in total. The van der Waals surface area contributed by atoms with E-state index >= 15 is 0 Å². The minimum atomic E-state index is -5.08. The van der Waals surface area contributed by atoms with Gasteiger partial charge in [0.1, 0.15) is 0 Å². The molecule has 2 atom stereocenters. The fourth-order valence-corrected chi connectivity index (χ4v) is 3.42. The average molecular weight is 517 g/mol. The Morgan fingerprint density at radius 1 is 1.14 bits per heavy atom. The molecule has 1 amide bonds. The number of hydrogen-bond acceptors (Lipinski definition) is 6. The molecular weight excluding hydrogens is 492 g/mol. The molecule has 0 bridgehead atoms. The number of amides is 1. The number of carbonyl (C=O) groups excluding carboxylic acids is 1. The van der Waals surface area contributed by atoms with Gasteiger partial charge in [-0.05, 0) is 44.9 Å². The van der Waals surface area contributed by atoms with E-state index in [1.807, 2.05) is 0 Å². The van der Waals surface area contributed by atoms with E-state index in [-0.39, 0.29) is 17.6 Å². The topological polar surface area (TPSA) is 129 Å². The van der Waals surface area contributed by atoms with E-state index in [1.54, 1.807) is 24.5 Å². The number of aliphatic carboxylic acids is 2. The molecule has 35 heavy (non-hydrogen) atoms. The highest BCUT2D eigenvalue weighted by Gasteiger charge is 2.42. The van der Waals surface area contributed by atoms with Gasteiger partial charge in [-0.3, -0.25) is 9.78 Å². The fraction of sp³-hybridized carbons (Fsp3) is 0.600. The molecule has 0 aliphatic carbocycles. The first-order valence-corrected chi connectivity index (χ1v) is 10.2. The summed E-state index contributed by atoms with van der Waals surface area (Å²) >= 11 is 0. The first-order chi connectivity index (χ1) is 16.1. The van der Waals surface area contributed by atoms with Crippen LogP contribution in [0.2, 0.25) is 0 Å². The summed E-state index contributed by atoms with van der Waals surface area (Å²) in [4.78, 5) is 36.1. The van der Waals surface area contributed by atoms with E-state index in [9.17, 15) is 31.1 Å². The fourth-order valence-electron chi connectivity index (χ4n) is 3.42. The van der Waals surface area contributed by atoms with Crippen LogP contribution >= 0.6 is 0 Å². The maximum atomic E-state index is 12.0. The van der Waals surface area contributed by atoms with E-state index in [1.165, 1.54) is 6.42 Å². The molecule has 198 valence electrons. The number of rotatable bonds is 3. The Kier molecular flexibility index (Phi) is 10.9. The molecule has 0 aromatic carbocycles. The zero-order valence-electron chi connectivity index (χ0n) is 18.5. The lowest BCUT2D eigenvalue weighted by Crippen LogP contribution is -2.46. The highest BCUT2D eigenvalue weighted by molar-refractivity contribution is 5.93. The number of alkyl halides is 6. The van der Waals surface area contributed by atoms with Gasteiger partial charge in [0.05, 0.1) is 17.3 Å². The van der Waals surface area contributed by atoms with Crippen LogP contribution in [0.15, 0.2) is 24.5 Å². The van der Waals surface area contributed by atoms with Crippen molar-refractivity contribution in [3.8, 4) is 0 Å². The monoisotopic (exact) mass is 517 g/mol. The van der Waals surface area contributed by atoms with Crippen molar-refractivity contribution in [2.24, 2.45) is 0 Å². The van der Waals surface area contributed by atoms with E-state index in [2.05, 4.69) is 22.2 Å². The van der Waals surface area contributed by atoms with E-state index in [4.69, 9.17) is 24.5 Å². The summed E-state index contributed by atoms with van der Waals surface area (Å²) in [5.41, 5.74) is 0.625. The molecule has 3 N–H and O–H groups in total. The Labute approximate surface area is 196 Å². The van der Waals surface area contributed by atoms with Crippen molar-refractivity contribution in [2.45, 2.75) is 49.7 Å². The van der Waals surface area contributed by atoms with Crippen LogP contribution in [0.3, 0.4) is 0 Å². The standard InChI is InChI=1S/C16H23N3O2.2C2HF3O2/c1-19-9-7-16(12-19)6-2-5-14(21-16)11-18-15(20)13-4-3-8-17-10-13;2*3-2(4,5)1(6)7/h3-4,8,10,14H,2,5-7,9,11-12H2,1H3,(H,18,20);2*(H,6,7)/t14-,16+;;/m0../s1. The summed E-state index contributed by atoms with van der Waals surface area (Å²) in [7, 11) is 2.14. The predicted molar refractivity (Wildman–Crippen MR) is 108 cm³/mol. The molecule has 1 aromatic rings. The van der Waals surface area contributed by atoms with Crippen molar-refractivity contribution >= 4 is 17.8 Å². The van der Waals surface area contributed by atoms with Gasteiger partial charge in [-0.15, -0.1) is 0 Å². The zero-order valence-corrected chi connectivity index (χ0v) is 18.5. The van der Waals surface area contributed by atoms with Gasteiger partial charge in [-0.25, -0.2) is 9.59 Å². The molecular formula is C20H25F6N3O6. The number of nitrogens with one attached hydrogen (secondary N) is 1. The summed E-state index contributed by atoms with van der Waals surface area (Å²) in [6.45, 7) is 2.70. The molecule has 0 unspecified atom stereocenters. The van der Waals surface area contributed by atoms with Crippen molar-refractivity contribution in [3.63, 3.8) is 0 Å². The number of likely N-dealkylation sites (tertiary alicyclic amines) is 1. The van der Waals surface area contributed by atoms with Crippen LogP contribution in [-0.4, -0.2) is 88.7 Å². The Balaban J connectivity index is 0.000000362. The lowest BCUT2D eigenvalue weighted by Gasteiger charge is -2.38. The van der Waals surface area contributed by atoms with Gasteiger partial charge >= 0.3 is 24.3 Å². The number of hydrogen-bond donors (Lipinski definition) is 3. The maximum absolute atomic E-state index is 12.0. The normalized spacial score (nSPS) is 22.3. The number of nitrogens with zero attached hydrogens (tertiary/aromatic N) is 2. The Morgan fingerprint density at radius 3 is 2.14 bits per heavy atom. The SMILES string of the molecule is CN1CC[C@]2(CCC[C@@H](CNC(=O)c3cccnc3)O2)C1.O=C(O)C(F)(F)F.O=C(O)C(F)(F)F. The predicted octanol–water partition coefficient (Wildman–Crippen LogP) is 2.72. The summed E-state index contributed by atoms with van der Waals surface area (Å²) < 4.78 is 69.8. The number of likely N-dealkylation sites (N-methyl/N-ethyl adjacent to an activating group) is 1. The summed E-state index contributed by atoms with van der Waals surface area (Å²) in [5.74, 6) is -5.59. The maximum Gasteiger partial charge on any atom is 0.490 e. The zero-order chi connectivity index (χ0) is 26.9. The third kappa shape index (κ3) is 10.9. The van der Waals surface area contributed by atoms with Crippen LogP contribution in [0, 0.1) is 0 Å². The Hall–Kier alpha value is -2.94. The van der Waals surface area contributed by atoms with E-state index in [0.29, 0.717) is 12.1 Å². The highest BCUT2D eigenvalue weighted by atomic mass is 19.4. The van der Waals surface area contributed by atoms with Crippen LogP contribution in [0.25, 0.3) is 0 Å². The molecule has 2 aliphatic rings. The van der Waals surface area contributed by atoms with Crippen LogP contribution in [-0.2, 0) is 14.3 Å². The molecule has 2 aliphatic heterocycles. The highest BCUT2D eigenvalue weighted by Crippen LogP contribution is 2.35. The van der Waals surface area contributed by atoms with Gasteiger partial charge in [0.15, 0.2) is 0 Å². The summed E-state index contributed by atoms with van der Waals surface area (Å²) in [6.07, 6.45) is -2.32. The number of halogens is 6. The first kappa shape index (κ1) is 30.1. The number of ether oxygens (including phenoxy) is 1. The average Bonchev–Trinajstić information content (AvgIpc) is 3.11. The molecule has 2 saturated heterocycles. The van der Waals surface area contributed by atoms with Gasteiger partial charge < -0.3 is 25.2 Å². The second kappa shape index (κ2) is 12.7. The first-order valence-electron chi connectivity index (χ1n) is 10.2. The van der Waals surface area contributed by atoms with Crippen molar-refractivity contribution in [1.82, 2.24) is 15.2 Å². The van der Waals surface area contributed by atoms with Crippen LogP contribution in [0.4, 0.5) is 26.3 Å². The molecule has 0 radical (unpaired) electrons. The van der Waals surface area contributed by atoms with Crippen molar-refractivity contribution in [2.75, 3.05) is 26.7 Å².